The third-order valence-corrected chi connectivity index (χ3v) is 9.48. The van der Waals surface area contributed by atoms with Crippen LogP contribution < -0.4 is 4.74 Å². The number of nitrogens with zero attached hydrogens (tertiary/aromatic N) is 4. The Balaban J connectivity index is 1.58. The lowest BCUT2D eigenvalue weighted by molar-refractivity contribution is 0.00602. The minimum Gasteiger partial charge on any atom is -0.492 e. The number of carbonyl (C=O) groups excluding carboxylic acids is 1. The van der Waals surface area contributed by atoms with Crippen molar-refractivity contribution in [3.63, 3.8) is 0 Å². The molecule has 0 spiro atoms. The van der Waals surface area contributed by atoms with E-state index in [2.05, 4.69) is 31.5 Å². The Morgan fingerprint density at radius 1 is 1.19 bits per heavy atom. The lowest BCUT2D eigenvalue weighted by Gasteiger charge is -2.39. The molecule has 0 N–H and O–H groups in total. The molecule has 3 aromatic rings. The number of hydrogen-bond acceptors (Lipinski definition) is 6. The summed E-state index contributed by atoms with van der Waals surface area (Å²) in [6, 6.07) is 9.90. The van der Waals surface area contributed by atoms with Crippen molar-refractivity contribution in [1.29, 1.82) is 5.26 Å². The van der Waals surface area contributed by atoms with Crippen molar-refractivity contribution < 1.29 is 23.4 Å². The number of fused-ring (bicyclic) bond motifs is 1. The van der Waals surface area contributed by atoms with E-state index in [-0.39, 0.29) is 17.9 Å². The predicted molar refractivity (Wildman–Crippen MR) is 169 cm³/mol. The highest BCUT2D eigenvalue weighted by Crippen LogP contribution is 2.39. The quantitative estimate of drug-likeness (QED) is 0.174. The molecule has 10 heteroatoms. The number of aromatic nitrogens is 2. The first-order valence-electron chi connectivity index (χ1n) is 15.0. The molecule has 0 saturated carbocycles. The van der Waals surface area contributed by atoms with Gasteiger partial charge in [-0.2, -0.15) is 5.26 Å². The highest BCUT2D eigenvalue weighted by molar-refractivity contribution is 6.76. The number of rotatable bonds is 10. The lowest BCUT2D eigenvalue weighted by atomic mass is 9.81. The van der Waals surface area contributed by atoms with Crippen LogP contribution in [0.5, 0.6) is 5.75 Å². The van der Waals surface area contributed by atoms with Gasteiger partial charge >= 0.3 is 6.09 Å². The summed E-state index contributed by atoms with van der Waals surface area (Å²) in [4.78, 5) is 19.0. The Labute approximate surface area is 255 Å². The lowest BCUT2D eigenvalue weighted by Crippen LogP contribution is -2.46. The van der Waals surface area contributed by atoms with Crippen LogP contribution >= 0.6 is 0 Å². The summed E-state index contributed by atoms with van der Waals surface area (Å²) >= 11 is 0. The Morgan fingerprint density at radius 3 is 2.53 bits per heavy atom. The van der Waals surface area contributed by atoms with Crippen molar-refractivity contribution in [3.05, 3.63) is 48.0 Å². The maximum absolute atomic E-state index is 14.9. The molecule has 1 amide bonds. The third-order valence-electron chi connectivity index (χ3n) is 7.78. The van der Waals surface area contributed by atoms with Crippen LogP contribution in [-0.2, 0) is 22.6 Å². The highest BCUT2D eigenvalue weighted by Gasteiger charge is 2.34. The van der Waals surface area contributed by atoms with Crippen molar-refractivity contribution in [2.75, 3.05) is 26.3 Å². The first kappa shape index (κ1) is 32.5. The fourth-order valence-corrected chi connectivity index (χ4v) is 5.82. The zero-order chi connectivity index (χ0) is 31.4. The molecule has 1 aromatic carbocycles. The number of likely N-dealkylation sites (tertiary alicyclic amines) is 1. The van der Waals surface area contributed by atoms with Gasteiger partial charge in [-0.1, -0.05) is 38.7 Å². The Kier molecular flexibility index (Phi) is 9.87. The molecule has 2 aromatic heterocycles. The summed E-state index contributed by atoms with van der Waals surface area (Å²) in [6.07, 6.45) is 4.97. The van der Waals surface area contributed by atoms with Crippen LogP contribution in [-0.4, -0.2) is 60.5 Å². The van der Waals surface area contributed by atoms with Crippen molar-refractivity contribution in [2.24, 2.45) is 5.41 Å². The number of amides is 1. The molecule has 4 rings (SSSR count). The SMILES string of the molecule is CC1(COc2ccnc3c2c(-c2ccc(CC#N)c(F)c2)cn3COCC[Si](C)(C)C)CCN(C(=O)OC(C)(C)C)CC1. The number of carbonyl (C=O) groups is 1. The van der Waals surface area contributed by atoms with Gasteiger partial charge in [-0.05, 0) is 57.4 Å². The number of nitriles is 1. The van der Waals surface area contributed by atoms with Crippen LogP contribution in [0.4, 0.5) is 9.18 Å². The second kappa shape index (κ2) is 13.1. The van der Waals surface area contributed by atoms with Crippen LogP contribution in [0.2, 0.25) is 25.7 Å². The molecular weight excluding hydrogens is 563 g/mol. The van der Waals surface area contributed by atoms with Crippen molar-refractivity contribution in [2.45, 2.75) is 85.0 Å². The molecule has 0 bridgehead atoms. The molecule has 0 unspecified atom stereocenters. The summed E-state index contributed by atoms with van der Waals surface area (Å²) in [7, 11) is -1.24. The van der Waals surface area contributed by atoms with E-state index < -0.39 is 19.5 Å². The molecule has 232 valence electrons. The monoisotopic (exact) mass is 608 g/mol. The van der Waals surface area contributed by atoms with Crippen LogP contribution in [0.1, 0.15) is 46.1 Å². The van der Waals surface area contributed by atoms with E-state index in [4.69, 9.17) is 19.5 Å². The van der Waals surface area contributed by atoms with Gasteiger partial charge in [-0.15, -0.1) is 0 Å². The van der Waals surface area contributed by atoms with Gasteiger partial charge in [0.05, 0.1) is 24.5 Å². The summed E-state index contributed by atoms with van der Waals surface area (Å²) < 4.78 is 35.0. The van der Waals surface area contributed by atoms with Crippen LogP contribution in [0.3, 0.4) is 0 Å². The van der Waals surface area contributed by atoms with Crippen molar-refractivity contribution >= 4 is 25.2 Å². The van der Waals surface area contributed by atoms with E-state index in [9.17, 15) is 9.18 Å². The van der Waals surface area contributed by atoms with Gasteiger partial charge in [0.1, 0.15) is 29.5 Å². The zero-order valence-electron chi connectivity index (χ0n) is 26.6. The first-order chi connectivity index (χ1) is 20.2. The van der Waals surface area contributed by atoms with Gasteiger partial charge in [-0.3, -0.25) is 0 Å². The van der Waals surface area contributed by atoms with Gasteiger partial charge in [0, 0.05) is 56.7 Å². The molecule has 1 aliphatic rings. The molecule has 0 atom stereocenters. The minimum atomic E-state index is -1.24. The zero-order valence-corrected chi connectivity index (χ0v) is 27.6. The Bertz CT molecular complexity index is 1480. The van der Waals surface area contributed by atoms with Gasteiger partial charge < -0.3 is 23.7 Å². The molecule has 1 fully saturated rings. The van der Waals surface area contributed by atoms with Crippen LogP contribution in [0.25, 0.3) is 22.2 Å². The number of hydrogen-bond donors (Lipinski definition) is 0. The maximum Gasteiger partial charge on any atom is 0.410 e. The predicted octanol–water partition coefficient (Wildman–Crippen LogP) is 7.64. The van der Waals surface area contributed by atoms with Crippen molar-refractivity contribution in [1.82, 2.24) is 14.5 Å². The largest absolute Gasteiger partial charge is 0.492 e. The number of ether oxygens (including phenoxy) is 3. The molecule has 43 heavy (non-hydrogen) atoms. The average Bonchev–Trinajstić information content (AvgIpc) is 3.29. The average molecular weight is 609 g/mol. The first-order valence-corrected chi connectivity index (χ1v) is 18.7. The smallest absolute Gasteiger partial charge is 0.410 e. The van der Waals surface area contributed by atoms with Crippen LogP contribution in [0.15, 0.2) is 36.7 Å². The summed E-state index contributed by atoms with van der Waals surface area (Å²) in [5, 5.41) is 9.85. The number of piperidine rings is 1. The molecular formula is C33H45FN4O4Si. The molecule has 1 saturated heterocycles. The number of pyridine rings is 1. The Hall–Kier alpha value is -3.42. The second-order valence-corrected chi connectivity index (χ2v) is 19.7. The van der Waals surface area contributed by atoms with Gasteiger partial charge in [0.2, 0.25) is 0 Å². The maximum atomic E-state index is 14.9. The highest BCUT2D eigenvalue weighted by atomic mass is 28.3. The number of benzene rings is 1. The van der Waals surface area contributed by atoms with E-state index in [1.165, 1.54) is 6.07 Å². The van der Waals surface area contributed by atoms with E-state index in [0.29, 0.717) is 55.6 Å². The van der Waals surface area contributed by atoms with E-state index >= 15 is 0 Å². The van der Waals surface area contributed by atoms with E-state index in [1.54, 1.807) is 17.2 Å². The molecule has 1 aliphatic heterocycles. The molecule has 0 radical (unpaired) electrons. The van der Waals surface area contributed by atoms with Gasteiger partial charge in [-0.25, -0.2) is 14.2 Å². The van der Waals surface area contributed by atoms with Crippen molar-refractivity contribution in [3.8, 4) is 22.9 Å². The fourth-order valence-electron chi connectivity index (χ4n) is 5.06. The van der Waals surface area contributed by atoms with Gasteiger partial charge in [0.15, 0.2) is 0 Å². The summed E-state index contributed by atoms with van der Waals surface area (Å²) in [5.74, 6) is 0.250. The van der Waals surface area contributed by atoms with E-state index in [1.807, 2.05) is 49.7 Å². The topological polar surface area (TPSA) is 89.6 Å². The van der Waals surface area contributed by atoms with E-state index in [0.717, 1.165) is 29.8 Å². The fraction of sp³-hybridized carbons (Fsp3) is 0.545. The molecule has 3 heterocycles. The Morgan fingerprint density at radius 2 is 1.91 bits per heavy atom. The molecule has 0 aliphatic carbocycles. The van der Waals surface area contributed by atoms with Gasteiger partial charge in [0.25, 0.3) is 0 Å². The normalized spacial score (nSPS) is 15.4. The van der Waals surface area contributed by atoms with Crippen LogP contribution in [0, 0.1) is 22.6 Å². The molecule has 8 nitrogen and oxygen atoms in total. The second-order valence-electron chi connectivity index (χ2n) is 14.1. The third kappa shape index (κ3) is 8.58. The minimum absolute atomic E-state index is 0.0126. The number of halogens is 1. The standard InChI is InChI=1S/C33H45FN4O4Si/c1-32(2,3)42-31(39)37-16-12-33(4,13-17-37)22-41-28-11-15-36-30-29(28)26(21-38(30)23-40-18-19-43(5,6)7)25-9-8-24(10-14-35)27(34)20-25/h8-9,11,15,20-21H,10,12-13,16-19,22-23H2,1-7H3. The summed E-state index contributed by atoms with van der Waals surface area (Å²) in [5.41, 5.74) is 1.87. The summed E-state index contributed by atoms with van der Waals surface area (Å²) in [6.45, 7) is 17.4.